The second-order valence-corrected chi connectivity index (χ2v) is 5.08. The van der Waals surface area contributed by atoms with Crippen molar-refractivity contribution in [3.63, 3.8) is 0 Å². The quantitative estimate of drug-likeness (QED) is 0.873. The molecule has 1 N–H and O–H groups in total. The van der Waals surface area contributed by atoms with Crippen LogP contribution in [0, 0.1) is 5.92 Å². The SMILES string of the molecule is CCc1ccc(CN2CCC(C(C)O)CC2)o1. The maximum absolute atomic E-state index is 9.55. The van der Waals surface area contributed by atoms with Crippen LogP contribution in [0.3, 0.4) is 0 Å². The van der Waals surface area contributed by atoms with E-state index >= 15 is 0 Å². The number of hydrogen-bond acceptors (Lipinski definition) is 3. The van der Waals surface area contributed by atoms with Gasteiger partial charge in [-0.15, -0.1) is 0 Å². The molecule has 1 unspecified atom stereocenters. The molecule has 1 saturated heterocycles. The maximum Gasteiger partial charge on any atom is 0.118 e. The summed E-state index contributed by atoms with van der Waals surface area (Å²) in [6.45, 7) is 7.05. The van der Waals surface area contributed by atoms with Crippen molar-refractivity contribution in [2.75, 3.05) is 13.1 Å². The van der Waals surface area contributed by atoms with Gasteiger partial charge in [0.25, 0.3) is 0 Å². The molecule has 1 aliphatic rings. The van der Waals surface area contributed by atoms with Gasteiger partial charge in [-0.05, 0) is 50.9 Å². The zero-order chi connectivity index (χ0) is 12.3. The molecule has 96 valence electrons. The van der Waals surface area contributed by atoms with Crippen LogP contribution in [0.5, 0.6) is 0 Å². The van der Waals surface area contributed by atoms with Crippen LogP contribution in [0.1, 0.15) is 38.2 Å². The van der Waals surface area contributed by atoms with Gasteiger partial charge in [0.15, 0.2) is 0 Å². The van der Waals surface area contributed by atoms with Gasteiger partial charge in [0.1, 0.15) is 11.5 Å². The smallest absolute Gasteiger partial charge is 0.118 e. The third-order valence-electron chi connectivity index (χ3n) is 3.76. The molecule has 0 saturated carbocycles. The third kappa shape index (κ3) is 3.33. The molecule has 0 amide bonds. The van der Waals surface area contributed by atoms with Crippen LogP contribution in [0.15, 0.2) is 16.5 Å². The molecule has 0 spiro atoms. The molecule has 0 bridgehead atoms. The molecule has 1 fully saturated rings. The van der Waals surface area contributed by atoms with Crippen molar-refractivity contribution >= 4 is 0 Å². The summed E-state index contributed by atoms with van der Waals surface area (Å²) in [6, 6.07) is 4.15. The van der Waals surface area contributed by atoms with Gasteiger partial charge >= 0.3 is 0 Å². The van der Waals surface area contributed by atoms with E-state index < -0.39 is 0 Å². The average molecular weight is 237 g/mol. The van der Waals surface area contributed by atoms with Crippen LogP contribution >= 0.6 is 0 Å². The number of likely N-dealkylation sites (tertiary alicyclic amines) is 1. The molecular weight excluding hydrogens is 214 g/mol. The Bertz CT molecular complexity index is 338. The van der Waals surface area contributed by atoms with Crippen molar-refractivity contribution < 1.29 is 9.52 Å². The second-order valence-electron chi connectivity index (χ2n) is 5.08. The van der Waals surface area contributed by atoms with Gasteiger partial charge in [0.05, 0.1) is 12.6 Å². The molecule has 2 rings (SSSR count). The zero-order valence-corrected chi connectivity index (χ0v) is 10.9. The number of aryl methyl sites for hydroxylation is 1. The first-order valence-corrected chi connectivity index (χ1v) is 6.67. The fourth-order valence-corrected chi connectivity index (χ4v) is 2.51. The zero-order valence-electron chi connectivity index (χ0n) is 10.9. The number of aliphatic hydroxyl groups excluding tert-OH is 1. The number of nitrogens with zero attached hydrogens (tertiary/aromatic N) is 1. The van der Waals surface area contributed by atoms with Crippen molar-refractivity contribution in [2.45, 2.75) is 45.8 Å². The van der Waals surface area contributed by atoms with Crippen LogP contribution in [-0.2, 0) is 13.0 Å². The van der Waals surface area contributed by atoms with Crippen molar-refractivity contribution in [1.82, 2.24) is 4.90 Å². The number of furan rings is 1. The molecule has 1 aliphatic heterocycles. The van der Waals surface area contributed by atoms with Crippen LogP contribution in [0.2, 0.25) is 0 Å². The first-order chi connectivity index (χ1) is 8.19. The summed E-state index contributed by atoms with van der Waals surface area (Å²) in [7, 11) is 0. The Kier molecular flexibility index (Phi) is 4.24. The summed E-state index contributed by atoms with van der Waals surface area (Å²) in [5.41, 5.74) is 0. The second kappa shape index (κ2) is 5.69. The molecule has 0 aromatic carbocycles. The predicted octanol–water partition coefficient (Wildman–Crippen LogP) is 2.43. The molecular formula is C14H23NO2. The summed E-state index contributed by atoms with van der Waals surface area (Å²) < 4.78 is 5.72. The first kappa shape index (κ1) is 12.7. The summed E-state index contributed by atoms with van der Waals surface area (Å²) >= 11 is 0. The van der Waals surface area contributed by atoms with E-state index in [1.54, 1.807) is 0 Å². The van der Waals surface area contributed by atoms with Crippen LogP contribution in [0.4, 0.5) is 0 Å². The molecule has 1 aromatic heterocycles. The van der Waals surface area contributed by atoms with E-state index in [1.807, 2.05) is 6.92 Å². The third-order valence-corrected chi connectivity index (χ3v) is 3.76. The van der Waals surface area contributed by atoms with Crippen molar-refractivity contribution in [3.8, 4) is 0 Å². The lowest BCUT2D eigenvalue weighted by atomic mass is 9.92. The normalized spacial score (nSPS) is 20.6. The minimum Gasteiger partial charge on any atom is -0.465 e. The number of hydrogen-bond donors (Lipinski definition) is 1. The minimum absolute atomic E-state index is 0.160. The molecule has 0 radical (unpaired) electrons. The van der Waals surface area contributed by atoms with Gasteiger partial charge in [-0.1, -0.05) is 6.92 Å². The van der Waals surface area contributed by atoms with Gasteiger partial charge < -0.3 is 9.52 Å². The highest BCUT2D eigenvalue weighted by atomic mass is 16.3. The van der Waals surface area contributed by atoms with Crippen molar-refractivity contribution in [2.24, 2.45) is 5.92 Å². The topological polar surface area (TPSA) is 36.6 Å². The van der Waals surface area contributed by atoms with Gasteiger partial charge in [-0.3, -0.25) is 4.90 Å². The molecule has 2 heterocycles. The van der Waals surface area contributed by atoms with Crippen molar-refractivity contribution in [1.29, 1.82) is 0 Å². The molecule has 17 heavy (non-hydrogen) atoms. The van der Waals surface area contributed by atoms with Gasteiger partial charge in [-0.2, -0.15) is 0 Å². The van der Waals surface area contributed by atoms with E-state index in [-0.39, 0.29) is 6.10 Å². The first-order valence-electron chi connectivity index (χ1n) is 6.67. The molecule has 1 aromatic rings. The van der Waals surface area contributed by atoms with Crippen molar-refractivity contribution in [3.05, 3.63) is 23.7 Å². The lowest BCUT2D eigenvalue weighted by molar-refractivity contribution is 0.0672. The van der Waals surface area contributed by atoms with Crippen LogP contribution < -0.4 is 0 Å². The Labute approximate surface area is 103 Å². The summed E-state index contributed by atoms with van der Waals surface area (Å²) in [6.07, 6.45) is 3.00. The molecule has 3 nitrogen and oxygen atoms in total. The largest absolute Gasteiger partial charge is 0.465 e. The van der Waals surface area contributed by atoms with Gasteiger partial charge in [0, 0.05) is 6.42 Å². The average Bonchev–Trinajstić information content (AvgIpc) is 2.77. The Morgan fingerprint density at radius 3 is 2.53 bits per heavy atom. The summed E-state index contributed by atoms with van der Waals surface area (Å²) in [5, 5.41) is 9.55. The van der Waals surface area contributed by atoms with E-state index in [4.69, 9.17) is 4.42 Å². The predicted molar refractivity (Wildman–Crippen MR) is 67.8 cm³/mol. The molecule has 0 aliphatic carbocycles. The highest BCUT2D eigenvalue weighted by Crippen LogP contribution is 2.22. The fourth-order valence-electron chi connectivity index (χ4n) is 2.51. The molecule has 3 heteroatoms. The van der Waals surface area contributed by atoms with E-state index in [2.05, 4.69) is 24.0 Å². The van der Waals surface area contributed by atoms with Crippen LogP contribution in [0.25, 0.3) is 0 Å². The number of aliphatic hydroxyl groups is 1. The standard InChI is InChI=1S/C14H23NO2/c1-3-13-4-5-14(17-13)10-15-8-6-12(7-9-15)11(2)16/h4-5,11-12,16H,3,6-10H2,1-2H3. The Morgan fingerprint density at radius 2 is 2.00 bits per heavy atom. The maximum atomic E-state index is 9.55. The monoisotopic (exact) mass is 237 g/mol. The lowest BCUT2D eigenvalue weighted by Crippen LogP contribution is -2.36. The Morgan fingerprint density at radius 1 is 1.35 bits per heavy atom. The minimum atomic E-state index is -0.160. The Balaban J connectivity index is 1.81. The van der Waals surface area contributed by atoms with Crippen LogP contribution in [-0.4, -0.2) is 29.2 Å². The number of rotatable bonds is 4. The van der Waals surface area contributed by atoms with E-state index in [0.29, 0.717) is 5.92 Å². The highest BCUT2D eigenvalue weighted by Gasteiger charge is 2.22. The fraction of sp³-hybridized carbons (Fsp3) is 0.714. The highest BCUT2D eigenvalue weighted by molar-refractivity contribution is 5.07. The van der Waals surface area contributed by atoms with Gasteiger partial charge in [-0.25, -0.2) is 0 Å². The van der Waals surface area contributed by atoms with E-state index in [9.17, 15) is 5.11 Å². The molecule has 1 atom stereocenters. The van der Waals surface area contributed by atoms with Gasteiger partial charge in [0.2, 0.25) is 0 Å². The Hall–Kier alpha value is -0.800. The van der Waals surface area contributed by atoms with E-state index in [0.717, 1.165) is 50.4 Å². The summed E-state index contributed by atoms with van der Waals surface area (Å²) in [5.74, 6) is 2.62. The summed E-state index contributed by atoms with van der Waals surface area (Å²) in [4.78, 5) is 2.41. The lowest BCUT2D eigenvalue weighted by Gasteiger charge is -2.32. The van der Waals surface area contributed by atoms with E-state index in [1.165, 1.54) is 0 Å². The number of piperidine rings is 1.